The zero-order valence-corrected chi connectivity index (χ0v) is 14.9. The average Bonchev–Trinajstić information content (AvgIpc) is 3.06. The van der Waals surface area contributed by atoms with Crippen molar-refractivity contribution in [2.75, 3.05) is 12.4 Å². The second-order valence-electron chi connectivity index (χ2n) is 5.91. The number of alkyl halides is 3. The lowest BCUT2D eigenvalue weighted by Gasteiger charge is -2.15. The molecule has 9 nitrogen and oxygen atoms in total. The van der Waals surface area contributed by atoms with Crippen LogP contribution >= 0.6 is 0 Å². The molecule has 28 heavy (non-hydrogen) atoms. The number of nitrogens with zero attached hydrogens (tertiary/aromatic N) is 3. The lowest BCUT2D eigenvalue weighted by Crippen LogP contribution is -2.22. The van der Waals surface area contributed by atoms with Crippen LogP contribution in [0.5, 0.6) is 0 Å². The molecule has 0 saturated carbocycles. The number of amides is 1. The molecule has 0 bridgehead atoms. The molecule has 1 aromatic heterocycles. The fourth-order valence-electron chi connectivity index (χ4n) is 2.43. The minimum Gasteiger partial charge on any atom is -0.465 e. The van der Waals surface area contributed by atoms with Crippen LogP contribution in [-0.4, -0.2) is 33.7 Å². The molecule has 0 aliphatic rings. The molecule has 0 unspecified atom stereocenters. The summed E-state index contributed by atoms with van der Waals surface area (Å²) in [5.74, 6) is -2.10. The van der Waals surface area contributed by atoms with E-state index in [-0.39, 0.29) is 11.3 Å². The number of hydrogen-bond donors (Lipinski definition) is 1. The number of carbonyl (C=O) groups is 2. The van der Waals surface area contributed by atoms with Crippen LogP contribution in [0.25, 0.3) is 0 Å². The van der Waals surface area contributed by atoms with Crippen LogP contribution in [0.1, 0.15) is 46.3 Å². The number of rotatable bonds is 5. The number of carbonyl (C=O) groups excluding carboxylic acids is 2. The van der Waals surface area contributed by atoms with Crippen molar-refractivity contribution in [3.63, 3.8) is 0 Å². The molecular weight excluding hydrogens is 385 g/mol. The van der Waals surface area contributed by atoms with Crippen molar-refractivity contribution in [2.45, 2.75) is 26.1 Å². The van der Waals surface area contributed by atoms with Gasteiger partial charge in [0, 0.05) is 23.9 Å². The number of anilines is 1. The van der Waals surface area contributed by atoms with Crippen molar-refractivity contribution in [1.82, 2.24) is 9.78 Å². The van der Waals surface area contributed by atoms with Gasteiger partial charge >= 0.3 is 12.1 Å². The van der Waals surface area contributed by atoms with E-state index in [1.54, 1.807) is 0 Å². The van der Waals surface area contributed by atoms with Crippen LogP contribution in [0.15, 0.2) is 24.4 Å². The summed E-state index contributed by atoms with van der Waals surface area (Å²) in [6.45, 7) is 2.93. The van der Waals surface area contributed by atoms with Gasteiger partial charge in [-0.2, -0.15) is 18.3 Å². The Morgan fingerprint density at radius 2 is 1.93 bits per heavy atom. The number of nitro groups is 1. The molecule has 1 amide bonds. The van der Waals surface area contributed by atoms with Gasteiger partial charge in [-0.05, 0) is 19.9 Å². The molecule has 0 fully saturated rings. The zero-order chi connectivity index (χ0) is 21.2. The third-order valence-electron chi connectivity index (χ3n) is 3.61. The maximum atomic E-state index is 13.4. The Hall–Kier alpha value is -3.44. The van der Waals surface area contributed by atoms with Crippen molar-refractivity contribution in [3.8, 4) is 0 Å². The van der Waals surface area contributed by atoms with E-state index in [1.165, 1.54) is 13.8 Å². The standard InChI is InChI=1S/C16H15F3N4O5/c1-8(2)22-13(16(17,18)19)12(7-20-22)14(24)21-10-4-9(15(25)28-3)5-11(6-10)23(26)27/h4-8H,1-3H3,(H,21,24). The first-order valence-corrected chi connectivity index (χ1v) is 7.79. The summed E-state index contributed by atoms with van der Waals surface area (Å²) in [5.41, 5.74) is -3.05. The van der Waals surface area contributed by atoms with Crippen molar-refractivity contribution in [2.24, 2.45) is 0 Å². The van der Waals surface area contributed by atoms with E-state index in [9.17, 15) is 32.9 Å². The summed E-state index contributed by atoms with van der Waals surface area (Å²) in [7, 11) is 1.05. The van der Waals surface area contributed by atoms with Crippen LogP contribution in [0.3, 0.4) is 0 Å². The third-order valence-corrected chi connectivity index (χ3v) is 3.61. The fourth-order valence-corrected chi connectivity index (χ4v) is 2.43. The maximum Gasteiger partial charge on any atom is 0.433 e. The summed E-state index contributed by atoms with van der Waals surface area (Å²) in [6.07, 6.45) is -4.09. The maximum absolute atomic E-state index is 13.4. The molecule has 1 N–H and O–H groups in total. The SMILES string of the molecule is COC(=O)c1cc(NC(=O)c2cnn(C(C)C)c2C(F)(F)F)cc([N+](=O)[O-])c1. The van der Waals surface area contributed by atoms with Crippen LogP contribution < -0.4 is 5.32 Å². The third kappa shape index (κ3) is 4.27. The molecule has 1 heterocycles. The van der Waals surface area contributed by atoms with Gasteiger partial charge in [0.2, 0.25) is 0 Å². The lowest BCUT2D eigenvalue weighted by molar-refractivity contribution is -0.384. The number of nitrogens with one attached hydrogen (secondary N) is 1. The molecule has 0 aliphatic heterocycles. The monoisotopic (exact) mass is 400 g/mol. The smallest absolute Gasteiger partial charge is 0.433 e. The Morgan fingerprint density at radius 1 is 1.29 bits per heavy atom. The Kier molecular flexibility index (Phi) is 5.71. The van der Waals surface area contributed by atoms with Crippen LogP contribution in [0.2, 0.25) is 0 Å². The van der Waals surface area contributed by atoms with E-state index >= 15 is 0 Å². The van der Waals surface area contributed by atoms with Crippen molar-refractivity contribution in [3.05, 3.63) is 51.3 Å². The predicted molar refractivity (Wildman–Crippen MR) is 90.0 cm³/mol. The fraction of sp³-hybridized carbons (Fsp3) is 0.312. The van der Waals surface area contributed by atoms with Crippen molar-refractivity contribution >= 4 is 23.3 Å². The van der Waals surface area contributed by atoms with Gasteiger partial charge in [0.25, 0.3) is 11.6 Å². The Balaban J connectivity index is 2.47. The molecule has 0 aliphatic carbocycles. The Morgan fingerprint density at radius 3 is 2.43 bits per heavy atom. The highest BCUT2D eigenvalue weighted by molar-refractivity contribution is 6.06. The highest BCUT2D eigenvalue weighted by Crippen LogP contribution is 2.34. The molecule has 2 aromatic rings. The number of ether oxygens (including phenoxy) is 1. The molecule has 12 heteroatoms. The van der Waals surface area contributed by atoms with Gasteiger partial charge < -0.3 is 10.1 Å². The lowest BCUT2D eigenvalue weighted by atomic mass is 10.1. The highest BCUT2D eigenvalue weighted by Gasteiger charge is 2.40. The molecule has 150 valence electrons. The largest absolute Gasteiger partial charge is 0.465 e. The number of methoxy groups -OCH3 is 1. The Labute approximate surface area is 156 Å². The normalized spacial score (nSPS) is 11.4. The molecule has 2 rings (SSSR count). The minimum atomic E-state index is -4.85. The van der Waals surface area contributed by atoms with Gasteiger partial charge in [0.15, 0.2) is 5.69 Å². The van der Waals surface area contributed by atoms with E-state index in [1.807, 2.05) is 0 Å². The van der Waals surface area contributed by atoms with Gasteiger partial charge in [0.05, 0.1) is 29.4 Å². The predicted octanol–water partition coefficient (Wildman–Crippen LogP) is 3.43. The van der Waals surface area contributed by atoms with E-state index in [0.717, 1.165) is 31.5 Å². The summed E-state index contributed by atoms with van der Waals surface area (Å²) in [5, 5.41) is 16.8. The van der Waals surface area contributed by atoms with Gasteiger partial charge in [-0.3, -0.25) is 19.6 Å². The number of non-ortho nitro benzene ring substituents is 1. The van der Waals surface area contributed by atoms with E-state index in [2.05, 4.69) is 15.2 Å². The van der Waals surface area contributed by atoms with Crippen LogP contribution in [0, 0.1) is 10.1 Å². The van der Waals surface area contributed by atoms with Crippen molar-refractivity contribution in [1.29, 1.82) is 0 Å². The second kappa shape index (κ2) is 7.66. The highest BCUT2D eigenvalue weighted by atomic mass is 19.4. The summed E-state index contributed by atoms with van der Waals surface area (Å²) in [6, 6.07) is 2.21. The Bertz CT molecular complexity index is 937. The quantitative estimate of drug-likeness (QED) is 0.467. The number of esters is 1. The number of hydrogen-bond acceptors (Lipinski definition) is 6. The molecule has 0 radical (unpaired) electrons. The van der Waals surface area contributed by atoms with E-state index in [0.29, 0.717) is 4.68 Å². The minimum absolute atomic E-state index is 0.245. The first-order chi connectivity index (χ1) is 13.0. The van der Waals surface area contributed by atoms with Crippen LogP contribution in [-0.2, 0) is 10.9 Å². The van der Waals surface area contributed by atoms with Gasteiger partial charge in [-0.1, -0.05) is 0 Å². The number of aromatic nitrogens is 2. The van der Waals surface area contributed by atoms with Crippen molar-refractivity contribution < 1.29 is 32.4 Å². The van der Waals surface area contributed by atoms with Crippen LogP contribution in [0.4, 0.5) is 24.5 Å². The van der Waals surface area contributed by atoms with E-state index < -0.39 is 46.0 Å². The van der Waals surface area contributed by atoms with Gasteiger partial charge in [0.1, 0.15) is 0 Å². The summed E-state index contributed by atoms with van der Waals surface area (Å²) < 4.78 is 45.3. The molecular formula is C16H15F3N4O5. The first-order valence-electron chi connectivity index (χ1n) is 7.79. The molecule has 0 atom stereocenters. The molecule has 0 saturated heterocycles. The summed E-state index contributed by atoms with van der Waals surface area (Å²) in [4.78, 5) is 34.2. The number of benzene rings is 1. The first kappa shape index (κ1) is 20.9. The van der Waals surface area contributed by atoms with Gasteiger partial charge in [-0.15, -0.1) is 0 Å². The van der Waals surface area contributed by atoms with Gasteiger partial charge in [-0.25, -0.2) is 4.79 Å². The number of halogens is 3. The zero-order valence-electron chi connectivity index (χ0n) is 14.9. The topological polar surface area (TPSA) is 116 Å². The molecule has 1 aromatic carbocycles. The number of nitro benzene ring substituents is 1. The second-order valence-corrected chi connectivity index (χ2v) is 5.91. The van der Waals surface area contributed by atoms with E-state index in [4.69, 9.17) is 0 Å². The average molecular weight is 400 g/mol. The summed E-state index contributed by atoms with van der Waals surface area (Å²) >= 11 is 0. The molecule has 0 spiro atoms.